The molecule has 1 atom stereocenters. The molecule has 19 heavy (non-hydrogen) atoms. The van der Waals surface area contributed by atoms with Gasteiger partial charge in [-0.2, -0.15) is 0 Å². The number of hydrogen-bond donors (Lipinski definition) is 1. The van der Waals surface area contributed by atoms with Crippen LogP contribution in [0.5, 0.6) is 0 Å². The van der Waals surface area contributed by atoms with Crippen molar-refractivity contribution in [1.29, 1.82) is 0 Å². The number of ether oxygens (including phenoxy) is 2. The van der Waals surface area contributed by atoms with Crippen LogP contribution in [0, 0.1) is 0 Å². The Morgan fingerprint density at radius 2 is 1.89 bits per heavy atom. The van der Waals surface area contributed by atoms with Gasteiger partial charge in [0.05, 0.1) is 19.6 Å². The van der Waals surface area contributed by atoms with Crippen LogP contribution in [0.25, 0.3) is 0 Å². The molecule has 0 aliphatic heterocycles. The van der Waals surface area contributed by atoms with Crippen LogP contribution in [-0.4, -0.2) is 30.3 Å². The zero-order valence-corrected chi connectivity index (χ0v) is 10.9. The molecule has 0 heterocycles. The maximum absolute atomic E-state index is 11.4. The SMILES string of the molecule is COC(=O)CC(O)CCC(=O)OCc1ccccc1. The van der Waals surface area contributed by atoms with E-state index in [2.05, 4.69) is 4.74 Å². The van der Waals surface area contributed by atoms with Crippen molar-refractivity contribution < 1.29 is 24.2 Å². The molecule has 0 aromatic heterocycles. The lowest BCUT2D eigenvalue weighted by molar-refractivity contribution is -0.147. The summed E-state index contributed by atoms with van der Waals surface area (Å²) in [5.74, 6) is -0.891. The molecule has 0 spiro atoms. The van der Waals surface area contributed by atoms with Crippen molar-refractivity contribution in [1.82, 2.24) is 0 Å². The van der Waals surface area contributed by atoms with Gasteiger partial charge in [-0.05, 0) is 12.0 Å². The number of carbonyl (C=O) groups is 2. The highest BCUT2D eigenvalue weighted by atomic mass is 16.5. The predicted octanol–water partition coefficient (Wildman–Crippen LogP) is 1.43. The van der Waals surface area contributed by atoms with E-state index in [4.69, 9.17) is 4.74 Å². The summed E-state index contributed by atoms with van der Waals surface area (Å²) >= 11 is 0. The number of esters is 2. The summed E-state index contributed by atoms with van der Waals surface area (Å²) in [5.41, 5.74) is 0.908. The van der Waals surface area contributed by atoms with Crippen LogP contribution in [0.3, 0.4) is 0 Å². The summed E-state index contributed by atoms with van der Waals surface area (Å²) in [6, 6.07) is 9.33. The maximum atomic E-state index is 11.4. The van der Waals surface area contributed by atoms with Crippen molar-refractivity contribution in [2.24, 2.45) is 0 Å². The number of aliphatic hydroxyl groups is 1. The van der Waals surface area contributed by atoms with Crippen LogP contribution >= 0.6 is 0 Å². The lowest BCUT2D eigenvalue weighted by atomic mass is 10.1. The first-order valence-corrected chi connectivity index (χ1v) is 6.06. The fourth-order valence-electron chi connectivity index (χ4n) is 1.47. The second kappa shape index (κ2) is 8.26. The van der Waals surface area contributed by atoms with Gasteiger partial charge in [-0.15, -0.1) is 0 Å². The van der Waals surface area contributed by atoms with Crippen molar-refractivity contribution in [2.75, 3.05) is 7.11 Å². The normalized spacial score (nSPS) is 11.7. The van der Waals surface area contributed by atoms with E-state index in [0.717, 1.165) is 5.56 Å². The first-order chi connectivity index (χ1) is 9.11. The molecule has 0 aliphatic rings. The molecule has 1 N–H and O–H groups in total. The number of hydrogen-bond acceptors (Lipinski definition) is 5. The second-order valence-electron chi connectivity index (χ2n) is 4.12. The predicted molar refractivity (Wildman–Crippen MR) is 68.1 cm³/mol. The number of carbonyl (C=O) groups excluding carboxylic acids is 2. The Bertz CT molecular complexity index is 402. The van der Waals surface area contributed by atoms with Crippen LogP contribution in [0.15, 0.2) is 30.3 Å². The van der Waals surface area contributed by atoms with Crippen LogP contribution in [0.1, 0.15) is 24.8 Å². The Kier molecular flexibility index (Phi) is 6.60. The van der Waals surface area contributed by atoms with Crippen LogP contribution in [-0.2, 0) is 25.7 Å². The fourth-order valence-corrected chi connectivity index (χ4v) is 1.47. The van der Waals surface area contributed by atoms with Crippen LogP contribution in [0.2, 0.25) is 0 Å². The first-order valence-electron chi connectivity index (χ1n) is 6.06. The van der Waals surface area contributed by atoms with Crippen molar-refractivity contribution in [3.05, 3.63) is 35.9 Å². The lowest BCUT2D eigenvalue weighted by Gasteiger charge is -2.09. The third kappa shape index (κ3) is 6.57. The monoisotopic (exact) mass is 266 g/mol. The molecule has 5 nitrogen and oxygen atoms in total. The largest absolute Gasteiger partial charge is 0.469 e. The molecule has 1 aromatic rings. The van der Waals surface area contributed by atoms with E-state index in [1.54, 1.807) is 0 Å². The van der Waals surface area contributed by atoms with Crippen LogP contribution < -0.4 is 0 Å². The molecule has 0 radical (unpaired) electrons. The Hall–Kier alpha value is -1.88. The summed E-state index contributed by atoms with van der Waals surface area (Å²) in [6.45, 7) is 0.215. The van der Waals surface area contributed by atoms with Gasteiger partial charge < -0.3 is 14.6 Å². The highest BCUT2D eigenvalue weighted by molar-refractivity contribution is 5.71. The van der Waals surface area contributed by atoms with Gasteiger partial charge in [0.2, 0.25) is 0 Å². The Balaban J connectivity index is 2.19. The number of methoxy groups -OCH3 is 1. The summed E-state index contributed by atoms with van der Waals surface area (Å²) in [7, 11) is 1.25. The third-order valence-corrected chi connectivity index (χ3v) is 2.55. The smallest absolute Gasteiger partial charge is 0.308 e. The zero-order chi connectivity index (χ0) is 14.1. The molecule has 5 heteroatoms. The van der Waals surface area contributed by atoms with E-state index in [1.807, 2.05) is 30.3 Å². The molecule has 0 saturated carbocycles. The topological polar surface area (TPSA) is 72.8 Å². The van der Waals surface area contributed by atoms with Crippen LogP contribution in [0.4, 0.5) is 0 Å². The van der Waals surface area contributed by atoms with Gasteiger partial charge >= 0.3 is 11.9 Å². The molecule has 1 unspecified atom stereocenters. The molecule has 1 rings (SSSR count). The van der Waals surface area contributed by atoms with Crippen molar-refractivity contribution in [2.45, 2.75) is 32.0 Å². The Morgan fingerprint density at radius 1 is 1.21 bits per heavy atom. The quantitative estimate of drug-likeness (QED) is 0.756. The minimum atomic E-state index is -0.878. The molecule has 104 valence electrons. The number of rotatable bonds is 7. The van der Waals surface area contributed by atoms with Gasteiger partial charge in [-0.25, -0.2) is 0 Å². The molecule has 0 aliphatic carbocycles. The Morgan fingerprint density at radius 3 is 2.53 bits per heavy atom. The van der Waals surface area contributed by atoms with E-state index in [0.29, 0.717) is 0 Å². The van der Waals surface area contributed by atoms with E-state index in [-0.39, 0.29) is 25.9 Å². The first kappa shape index (κ1) is 15.2. The van der Waals surface area contributed by atoms with E-state index in [9.17, 15) is 14.7 Å². The molecule has 0 saturated heterocycles. The minimum Gasteiger partial charge on any atom is -0.469 e. The maximum Gasteiger partial charge on any atom is 0.308 e. The summed E-state index contributed by atoms with van der Waals surface area (Å²) in [5, 5.41) is 9.48. The van der Waals surface area contributed by atoms with Gasteiger partial charge in [0.25, 0.3) is 0 Å². The van der Waals surface area contributed by atoms with Gasteiger partial charge in [-0.3, -0.25) is 9.59 Å². The molecule has 0 fully saturated rings. The van der Waals surface area contributed by atoms with Gasteiger partial charge in [0.15, 0.2) is 0 Å². The minimum absolute atomic E-state index is 0.0744. The lowest BCUT2D eigenvalue weighted by Crippen LogP contribution is -2.16. The van der Waals surface area contributed by atoms with Gasteiger partial charge in [0, 0.05) is 6.42 Å². The molecule has 1 aromatic carbocycles. The fraction of sp³-hybridized carbons (Fsp3) is 0.429. The van der Waals surface area contributed by atoms with Gasteiger partial charge in [-0.1, -0.05) is 30.3 Å². The van der Waals surface area contributed by atoms with E-state index in [1.165, 1.54) is 7.11 Å². The Labute approximate surface area is 112 Å². The van der Waals surface area contributed by atoms with E-state index < -0.39 is 18.0 Å². The second-order valence-corrected chi connectivity index (χ2v) is 4.12. The molecule has 0 amide bonds. The third-order valence-electron chi connectivity index (χ3n) is 2.55. The summed E-state index contributed by atoms with van der Waals surface area (Å²) in [4.78, 5) is 22.3. The van der Waals surface area contributed by atoms with Gasteiger partial charge in [0.1, 0.15) is 6.61 Å². The van der Waals surface area contributed by atoms with Crippen molar-refractivity contribution in [3.63, 3.8) is 0 Å². The number of benzene rings is 1. The molecule has 0 bridgehead atoms. The highest BCUT2D eigenvalue weighted by Gasteiger charge is 2.13. The van der Waals surface area contributed by atoms with Crippen molar-refractivity contribution >= 4 is 11.9 Å². The zero-order valence-electron chi connectivity index (χ0n) is 10.9. The average molecular weight is 266 g/mol. The summed E-state index contributed by atoms with van der Waals surface area (Å²) < 4.78 is 9.46. The molecular weight excluding hydrogens is 248 g/mol. The van der Waals surface area contributed by atoms with E-state index >= 15 is 0 Å². The molecular formula is C14H18O5. The van der Waals surface area contributed by atoms with Crippen molar-refractivity contribution in [3.8, 4) is 0 Å². The summed E-state index contributed by atoms with van der Waals surface area (Å²) in [6.07, 6.45) is -0.729. The standard InChI is InChI=1S/C14H18O5/c1-18-14(17)9-12(15)7-8-13(16)19-10-11-5-3-2-4-6-11/h2-6,12,15H,7-10H2,1H3. The average Bonchev–Trinajstić information content (AvgIpc) is 2.43. The number of aliphatic hydroxyl groups excluding tert-OH is 1. The highest BCUT2D eigenvalue weighted by Crippen LogP contribution is 2.06.